The van der Waals surface area contributed by atoms with Crippen molar-refractivity contribution < 1.29 is 19.1 Å². The smallest absolute Gasteiger partial charge is 0.336 e. The summed E-state index contributed by atoms with van der Waals surface area (Å²) in [6.07, 6.45) is 0.877. The van der Waals surface area contributed by atoms with Crippen LogP contribution >= 0.6 is 23.4 Å². The Labute approximate surface area is 174 Å². The minimum absolute atomic E-state index is 0.340. The molecule has 152 valence electrons. The number of methoxy groups -OCH3 is 2. The number of rotatable bonds is 8. The van der Waals surface area contributed by atoms with Gasteiger partial charge in [-0.05, 0) is 37.3 Å². The van der Waals surface area contributed by atoms with E-state index in [4.69, 9.17) is 26.8 Å². The molecule has 0 spiro atoms. The van der Waals surface area contributed by atoms with Gasteiger partial charge in [-0.25, -0.2) is 9.59 Å². The third kappa shape index (κ3) is 4.90. The number of carbonyl (C=O) groups excluding carboxylic acids is 2. The Morgan fingerprint density at radius 1 is 1.18 bits per heavy atom. The zero-order valence-corrected chi connectivity index (χ0v) is 17.8. The van der Waals surface area contributed by atoms with Gasteiger partial charge in [-0.3, -0.25) is 0 Å². The predicted octanol–water partition coefficient (Wildman–Crippen LogP) is 2.98. The van der Waals surface area contributed by atoms with Crippen molar-refractivity contribution in [2.75, 3.05) is 32.3 Å². The van der Waals surface area contributed by atoms with Crippen molar-refractivity contribution in [3.63, 3.8) is 0 Å². The number of carbonyl (C=O) groups is 2. The molecule has 1 aliphatic rings. The molecule has 1 unspecified atom stereocenters. The van der Waals surface area contributed by atoms with Crippen LogP contribution in [0.15, 0.2) is 46.8 Å². The lowest BCUT2D eigenvalue weighted by Gasteiger charge is -2.31. The van der Waals surface area contributed by atoms with Gasteiger partial charge in [-0.15, -0.1) is 0 Å². The number of allylic oxidation sites excluding steroid dienone is 1. The molecule has 0 aromatic heterocycles. The molecule has 0 saturated heterocycles. The lowest BCUT2D eigenvalue weighted by molar-refractivity contribution is -0.137. The molecule has 1 aromatic rings. The van der Waals surface area contributed by atoms with Crippen molar-refractivity contribution in [2.24, 2.45) is 5.73 Å². The molecule has 8 heteroatoms. The SMILES string of the molecule is COC(=O)C1=C(C)NC(CSCCCN)=C(C(=O)OC)C1c1ccccc1Cl. The normalized spacial score (nSPS) is 16.7. The van der Waals surface area contributed by atoms with E-state index in [9.17, 15) is 9.59 Å². The van der Waals surface area contributed by atoms with E-state index in [1.807, 2.05) is 6.07 Å². The van der Waals surface area contributed by atoms with Crippen molar-refractivity contribution in [2.45, 2.75) is 19.3 Å². The van der Waals surface area contributed by atoms with Crippen molar-refractivity contribution in [3.8, 4) is 0 Å². The highest BCUT2D eigenvalue weighted by Gasteiger charge is 2.39. The van der Waals surface area contributed by atoms with Crippen LogP contribution in [0, 0.1) is 0 Å². The number of benzene rings is 1. The molecule has 0 amide bonds. The van der Waals surface area contributed by atoms with Gasteiger partial charge in [0, 0.05) is 22.2 Å². The zero-order chi connectivity index (χ0) is 20.7. The quantitative estimate of drug-likeness (QED) is 0.489. The largest absolute Gasteiger partial charge is 0.466 e. The first-order valence-electron chi connectivity index (χ1n) is 8.85. The minimum atomic E-state index is -0.681. The number of nitrogens with one attached hydrogen (secondary N) is 1. The third-order valence-corrected chi connectivity index (χ3v) is 5.83. The van der Waals surface area contributed by atoms with Gasteiger partial charge >= 0.3 is 11.9 Å². The highest BCUT2D eigenvalue weighted by atomic mass is 35.5. The number of nitrogens with two attached hydrogens (primary N) is 1. The first kappa shape index (κ1) is 22.3. The molecule has 0 bridgehead atoms. The maximum absolute atomic E-state index is 12.8. The van der Waals surface area contributed by atoms with Crippen molar-refractivity contribution >= 4 is 35.3 Å². The maximum atomic E-state index is 12.8. The summed E-state index contributed by atoms with van der Waals surface area (Å²) in [5.41, 5.74) is 8.23. The molecule has 28 heavy (non-hydrogen) atoms. The van der Waals surface area contributed by atoms with E-state index in [-0.39, 0.29) is 0 Å². The summed E-state index contributed by atoms with van der Waals surface area (Å²) < 4.78 is 10.0. The molecular weight excluding hydrogens is 400 g/mol. The van der Waals surface area contributed by atoms with Crippen LogP contribution in [0.2, 0.25) is 5.02 Å². The van der Waals surface area contributed by atoms with Crippen LogP contribution in [0.1, 0.15) is 24.8 Å². The summed E-state index contributed by atoms with van der Waals surface area (Å²) in [5, 5.41) is 3.66. The number of hydrogen-bond acceptors (Lipinski definition) is 7. The van der Waals surface area contributed by atoms with Crippen LogP contribution in [0.5, 0.6) is 0 Å². The van der Waals surface area contributed by atoms with Crippen molar-refractivity contribution in [1.82, 2.24) is 5.32 Å². The summed E-state index contributed by atoms with van der Waals surface area (Å²) in [5.74, 6) is -0.302. The lowest BCUT2D eigenvalue weighted by Crippen LogP contribution is -2.33. The molecule has 0 fully saturated rings. The van der Waals surface area contributed by atoms with E-state index in [1.54, 1.807) is 36.9 Å². The minimum Gasteiger partial charge on any atom is -0.466 e. The zero-order valence-electron chi connectivity index (χ0n) is 16.2. The van der Waals surface area contributed by atoms with E-state index in [2.05, 4.69) is 5.32 Å². The van der Waals surface area contributed by atoms with Crippen LogP contribution in [0.4, 0.5) is 0 Å². The Morgan fingerprint density at radius 2 is 1.82 bits per heavy atom. The molecule has 6 nitrogen and oxygen atoms in total. The Kier molecular flexibility index (Phi) is 8.41. The summed E-state index contributed by atoms with van der Waals surface area (Å²) in [6, 6.07) is 7.15. The van der Waals surface area contributed by atoms with Crippen LogP contribution < -0.4 is 11.1 Å². The average Bonchev–Trinajstić information content (AvgIpc) is 2.70. The molecule has 2 rings (SSSR count). The van der Waals surface area contributed by atoms with E-state index in [1.165, 1.54) is 14.2 Å². The molecular formula is C20H25ClN2O4S. The summed E-state index contributed by atoms with van der Waals surface area (Å²) in [7, 11) is 2.63. The second-order valence-corrected chi connectivity index (χ2v) is 7.70. The fourth-order valence-electron chi connectivity index (χ4n) is 3.12. The molecule has 3 N–H and O–H groups in total. The van der Waals surface area contributed by atoms with Crippen LogP contribution in [-0.4, -0.2) is 44.2 Å². The molecule has 1 aromatic carbocycles. The first-order chi connectivity index (χ1) is 13.5. The summed E-state index contributed by atoms with van der Waals surface area (Å²) >= 11 is 8.09. The summed E-state index contributed by atoms with van der Waals surface area (Å²) in [6.45, 7) is 2.39. The number of hydrogen-bond donors (Lipinski definition) is 2. The van der Waals surface area contributed by atoms with Crippen molar-refractivity contribution in [3.05, 3.63) is 57.4 Å². The van der Waals surface area contributed by atoms with Gasteiger partial charge in [0.25, 0.3) is 0 Å². The molecule has 0 saturated carbocycles. The van der Waals surface area contributed by atoms with Crippen LogP contribution in [0.25, 0.3) is 0 Å². The average molecular weight is 425 g/mol. The van der Waals surface area contributed by atoms with E-state index >= 15 is 0 Å². The van der Waals surface area contributed by atoms with E-state index in [0.717, 1.165) is 12.2 Å². The monoisotopic (exact) mass is 424 g/mol. The number of halogens is 1. The topological polar surface area (TPSA) is 90.6 Å². The molecule has 1 aliphatic heterocycles. The van der Waals surface area contributed by atoms with Gasteiger partial charge in [-0.1, -0.05) is 29.8 Å². The van der Waals surface area contributed by atoms with Gasteiger partial charge in [0.2, 0.25) is 0 Å². The van der Waals surface area contributed by atoms with Gasteiger partial charge in [0.1, 0.15) is 0 Å². The Bertz CT molecular complexity index is 807. The Morgan fingerprint density at radius 3 is 2.43 bits per heavy atom. The molecule has 1 atom stereocenters. The number of esters is 2. The van der Waals surface area contributed by atoms with Crippen LogP contribution in [-0.2, 0) is 19.1 Å². The lowest BCUT2D eigenvalue weighted by atomic mass is 9.80. The third-order valence-electron chi connectivity index (χ3n) is 4.41. The van der Waals surface area contributed by atoms with Crippen molar-refractivity contribution in [1.29, 1.82) is 0 Å². The number of thioether (sulfide) groups is 1. The van der Waals surface area contributed by atoms with Gasteiger partial charge in [-0.2, -0.15) is 11.8 Å². The first-order valence-corrected chi connectivity index (χ1v) is 10.4. The predicted molar refractivity (Wildman–Crippen MR) is 112 cm³/mol. The number of dihydropyridines is 1. The molecule has 0 radical (unpaired) electrons. The second kappa shape index (κ2) is 10.5. The maximum Gasteiger partial charge on any atom is 0.336 e. The highest BCUT2D eigenvalue weighted by Crippen LogP contribution is 2.42. The molecule has 0 aliphatic carbocycles. The van der Waals surface area contributed by atoms with Gasteiger partial charge < -0.3 is 20.5 Å². The summed E-state index contributed by atoms with van der Waals surface area (Å²) in [4.78, 5) is 25.3. The standard InChI is InChI=1S/C20H25ClN2O4S/c1-12-16(19(24)26-2)17(13-7-4-5-8-14(13)21)18(20(25)27-3)15(23-12)11-28-10-6-9-22/h4-5,7-8,17,23H,6,9-11,22H2,1-3H3. The van der Waals surface area contributed by atoms with Crippen LogP contribution in [0.3, 0.4) is 0 Å². The highest BCUT2D eigenvalue weighted by molar-refractivity contribution is 7.99. The van der Waals surface area contributed by atoms with Gasteiger partial charge in [0.15, 0.2) is 0 Å². The fourth-order valence-corrected chi connectivity index (χ4v) is 4.31. The van der Waals surface area contributed by atoms with Gasteiger partial charge in [0.05, 0.1) is 31.3 Å². The Balaban J connectivity index is 2.61. The number of ether oxygens (including phenoxy) is 2. The Hall–Kier alpha value is -1.96. The fraction of sp³-hybridized carbons (Fsp3) is 0.400. The molecule has 1 heterocycles. The van der Waals surface area contributed by atoms with E-state index < -0.39 is 17.9 Å². The van der Waals surface area contributed by atoms with E-state index in [0.29, 0.717) is 45.4 Å². The second-order valence-electron chi connectivity index (χ2n) is 6.19.